The Balaban J connectivity index is 1.60. The van der Waals surface area contributed by atoms with Crippen molar-refractivity contribution in [1.82, 2.24) is 15.5 Å². The predicted octanol–water partition coefficient (Wildman–Crippen LogP) is 1.26. The lowest BCUT2D eigenvalue weighted by Gasteiger charge is -2.32. The highest BCUT2D eigenvalue weighted by Crippen LogP contribution is 2.27. The van der Waals surface area contributed by atoms with Crippen molar-refractivity contribution in [1.29, 1.82) is 0 Å². The van der Waals surface area contributed by atoms with Gasteiger partial charge >= 0.3 is 5.97 Å². The lowest BCUT2D eigenvalue weighted by atomic mass is 9.80. The van der Waals surface area contributed by atoms with Crippen LogP contribution in [0.1, 0.15) is 23.3 Å². The number of aliphatic carboxylic acids is 1. The summed E-state index contributed by atoms with van der Waals surface area (Å²) < 4.78 is 5.20. The van der Waals surface area contributed by atoms with Gasteiger partial charge in [-0.3, -0.25) is 14.7 Å². The third kappa shape index (κ3) is 2.29. The first-order chi connectivity index (χ1) is 9.63. The van der Waals surface area contributed by atoms with Crippen molar-refractivity contribution in [3.8, 4) is 11.5 Å². The minimum absolute atomic E-state index is 0.0904. The normalized spacial score (nSPS) is 21.2. The van der Waals surface area contributed by atoms with Crippen LogP contribution in [0, 0.1) is 5.92 Å². The molecule has 2 aromatic heterocycles. The number of furan rings is 1. The smallest absolute Gasteiger partial charge is 0.306 e. The maximum Gasteiger partial charge on any atom is 0.306 e. The van der Waals surface area contributed by atoms with E-state index in [1.807, 2.05) is 0 Å². The monoisotopic (exact) mass is 275 g/mol. The Morgan fingerprint density at radius 3 is 2.90 bits per heavy atom. The van der Waals surface area contributed by atoms with Crippen molar-refractivity contribution >= 4 is 11.9 Å². The van der Waals surface area contributed by atoms with Gasteiger partial charge < -0.3 is 14.8 Å². The molecule has 2 heterocycles. The van der Waals surface area contributed by atoms with Crippen LogP contribution in [-0.4, -0.2) is 33.2 Å². The van der Waals surface area contributed by atoms with E-state index in [9.17, 15) is 9.59 Å². The fourth-order valence-corrected chi connectivity index (χ4v) is 2.19. The first kappa shape index (κ1) is 12.5. The molecule has 104 valence electrons. The van der Waals surface area contributed by atoms with Crippen LogP contribution >= 0.6 is 0 Å². The van der Waals surface area contributed by atoms with E-state index in [0.29, 0.717) is 24.3 Å². The molecule has 0 spiro atoms. The third-order valence-electron chi connectivity index (χ3n) is 3.42. The van der Waals surface area contributed by atoms with Crippen LogP contribution < -0.4 is 5.32 Å². The lowest BCUT2D eigenvalue weighted by molar-refractivity contribution is -0.145. The summed E-state index contributed by atoms with van der Waals surface area (Å²) in [5.41, 5.74) is 0.882. The summed E-state index contributed by atoms with van der Waals surface area (Å²) in [5, 5.41) is 18.2. The van der Waals surface area contributed by atoms with E-state index in [-0.39, 0.29) is 23.6 Å². The van der Waals surface area contributed by atoms with Crippen molar-refractivity contribution in [3.05, 3.63) is 30.2 Å². The number of hydrogen-bond donors (Lipinski definition) is 3. The molecule has 1 amide bonds. The molecule has 7 heteroatoms. The fraction of sp³-hybridized carbons (Fsp3) is 0.308. The molecular weight excluding hydrogens is 262 g/mol. The van der Waals surface area contributed by atoms with Crippen LogP contribution in [0.3, 0.4) is 0 Å². The third-order valence-corrected chi connectivity index (χ3v) is 3.42. The number of H-pyrrole nitrogens is 1. The number of rotatable bonds is 4. The number of carbonyl (C=O) groups excluding carboxylic acids is 1. The average Bonchev–Trinajstić information content (AvgIpc) is 3.01. The number of carbonyl (C=O) groups is 2. The molecule has 0 aliphatic heterocycles. The van der Waals surface area contributed by atoms with Gasteiger partial charge in [0.05, 0.1) is 12.2 Å². The number of aromatic amines is 1. The number of nitrogens with zero attached hydrogens (tertiary/aromatic N) is 1. The van der Waals surface area contributed by atoms with Crippen LogP contribution in [0.25, 0.3) is 11.5 Å². The van der Waals surface area contributed by atoms with Gasteiger partial charge in [-0.1, -0.05) is 0 Å². The molecule has 2 aromatic rings. The molecule has 0 radical (unpaired) electrons. The van der Waals surface area contributed by atoms with E-state index in [2.05, 4.69) is 15.5 Å². The molecule has 7 nitrogen and oxygen atoms in total. The number of amides is 1. The molecule has 1 aliphatic rings. The van der Waals surface area contributed by atoms with Crippen molar-refractivity contribution in [2.45, 2.75) is 18.9 Å². The second-order valence-electron chi connectivity index (χ2n) is 4.82. The number of carboxylic acid groups (broad SMARTS) is 1. The lowest BCUT2D eigenvalue weighted by Crippen LogP contribution is -2.46. The number of nitrogens with one attached hydrogen (secondary N) is 2. The highest BCUT2D eigenvalue weighted by atomic mass is 16.4. The van der Waals surface area contributed by atoms with Gasteiger partial charge in [0.1, 0.15) is 5.69 Å². The van der Waals surface area contributed by atoms with Gasteiger partial charge in [-0.25, -0.2) is 0 Å². The standard InChI is InChI=1S/C13H13N3O4/c17-12(14-8-4-7(5-8)13(18)19)10-6-9(15-16-10)11-2-1-3-20-11/h1-3,6-8H,4-5H2,(H,14,17)(H,15,16)(H,18,19). The van der Waals surface area contributed by atoms with Crippen LogP contribution in [-0.2, 0) is 4.79 Å². The molecule has 0 bridgehead atoms. The zero-order chi connectivity index (χ0) is 14.1. The topological polar surface area (TPSA) is 108 Å². The van der Waals surface area contributed by atoms with E-state index in [1.165, 1.54) is 6.26 Å². The zero-order valence-electron chi connectivity index (χ0n) is 10.5. The Kier molecular flexibility index (Phi) is 3.02. The molecule has 3 rings (SSSR count). The number of aromatic nitrogens is 2. The van der Waals surface area contributed by atoms with Gasteiger partial charge in [0, 0.05) is 12.1 Å². The summed E-state index contributed by atoms with van der Waals surface area (Å²) in [6.45, 7) is 0. The molecule has 20 heavy (non-hydrogen) atoms. The molecule has 0 aromatic carbocycles. The molecule has 3 N–H and O–H groups in total. The van der Waals surface area contributed by atoms with Gasteiger partial charge in [0.15, 0.2) is 11.5 Å². The van der Waals surface area contributed by atoms with Crippen LogP contribution in [0.15, 0.2) is 28.9 Å². The summed E-state index contributed by atoms with van der Waals surface area (Å²) in [6.07, 6.45) is 2.48. The average molecular weight is 275 g/mol. The van der Waals surface area contributed by atoms with E-state index < -0.39 is 5.97 Å². The van der Waals surface area contributed by atoms with Crippen molar-refractivity contribution in [2.75, 3.05) is 0 Å². The second kappa shape index (κ2) is 4.84. The molecule has 0 saturated heterocycles. The van der Waals surface area contributed by atoms with E-state index in [4.69, 9.17) is 9.52 Å². The summed E-state index contributed by atoms with van der Waals surface area (Å²) in [4.78, 5) is 22.6. The SMILES string of the molecule is O=C(NC1CC(C(=O)O)C1)c1cc(-c2ccco2)[nH]n1. The first-order valence-corrected chi connectivity index (χ1v) is 6.26. The Hall–Kier alpha value is -2.57. The largest absolute Gasteiger partial charge is 0.481 e. The van der Waals surface area contributed by atoms with Gasteiger partial charge in [-0.2, -0.15) is 5.10 Å². The Morgan fingerprint density at radius 1 is 1.45 bits per heavy atom. The maximum absolute atomic E-state index is 11.9. The second-order valence-corrected chi connectivity index (χ2v) is 4.82. The number of hydrogen-bond acceptors (Lipinski definition) is 4. The zero-order valence-corrected chi connectivity index (χ0v) is 10.5. The Bertz CT molecular complexity index is 626. The highest BCUT2D eigenvalue weighted by molar-refractivity contribution is 5.93. The molecule has 0 unspecified atom stereocenters. The Morgan fingerprint density at radius 2 is 2.25 bits per heavy atom. The summed E-state index contributed by atoms with van der Waals surface area (Å²) in [7, 11) is 0. The predicted molar refractivity (Wildman–Crippen MR) is 67.9 cm³/mol. The van der Waals surface area contributed by atoms with Crippen LogP contribution in [0.2, 0.25) is 0 Å². The summed E-state index contributed by atoms with van der Waals surface area (Å²) in [6, 6.07) is 5.02. The van der Waals surface area contributed by atoms with Crippen molar-refractivity contribution < 1.29 is 19.1 Å². The quantitative estimate of drug-likeness (QED) is 0.778. The van der Waals surface area contributed by atoms with Gasteiger partial charge in [-0.05, 0) is 25.0 Å². The van der Waals surface area contributed by atoms with Gasteiger partial charge in [-0.15, -0.1) is 0 Å². The fourth-order valence-electron chi connectivity index (χ4n) is 2.19. The maximum atomic E-state index is 11.9. The van der Waals surface area contributed by atoms with Gasteiger partial charge in [0.2, 0.25) is 0 Å². The molecular formula is C13H13N3O4. The van der Waals surface area contributed by atoms with Crippen LogP contribution in [0.4, 0.5) is 0 Å². The van der Waals surface area contributed by atoms with E-state index >= 15 is 0 Å². The van der Waals surface area contributed by atoms with Gasteiger partial charge in [0.25, 0.3) is 5.91 Å². The Labute approximate surface area is 114 Å². The highest BCUT2D eigenvalue weighted by Gasteiger charge is 2.35. The minimum Gasteiger partial charge on any atom is -0.481 e. The van der Waals surface area contributed by atoms with Crippen LogP contribution in [0.5, 0.6) is 0 Å². The summed E-state index contributed by atoms with van der Waals surface area (Å²) in [5.74, 6) is -0.868. The van der Waals surface area contributed by atoms with Crippen molar-refractivity contribution in [3.63, 3.8) is 0 Å². The molecule has 1 saturated carbocycles. The first-order valence-electron chi connectivity index (χ1n) is 6.26. The molecule has 1 aliphatic carbocycles. The molecule has 0 atom stereocenters. The number of carboxylic acids is 1. The summed E-state index contributed by atoms with van der Waals surface area (Å²) >= 11 is 0. The van der Waals surface area contributed by atoms with E-state index in [0.717, 1.165) is 0 Å². The van der Waals surface area contributed by atoms with Crippen molar-refractivity contribution in [2.24, 2.45) is 5.92 Å². The minimum atomic E-state index is -0.810. The molecule has 1 fully saturated rings. The van der Waals surface area contributed by atoms with E-state index in [1.54, 1.807) is 18.2 Å².